The van der Waals surface area contributed by atoms with Crippen molar-refractivity contribution in [2.75, 3.05) is 19.7 Å². The summed E-state index contributed by atoms with van der Waals surface area (Å²) in [5.41, 5.74) is 0. The summed E-state index contributed by atoms with van der Waals surface area (Å²) in [5.74, 6) is -0.284. The molecule has 1 fully saturated rings. The molecule has 0 radical (unpaired) electrons. The fourth-order valence-electron chi connectivity index (χ4n) is 1.67. The second-order valence-electron chi connectivity index (χ2n) is 4.06. The molecule has 8 nitrogen and oxygen atoms in total. The molecule has 1 amide bonds. The minimum absolute atomic E-state index is 0.0210. The molecular formula is C9H18BNO7. The lowest BCUT2D eigenvalue weighted by Crippen LogP contribution is -2.60. The number of carbonyl (C=O) groups is 1. The fourth-order valence-corrected chi connectivity index (χ4v) is 1.67. The Morgan fingerprint density at radius 3 is 2.61 bits per heavy atom. The Hall–Kier alpha value is -0.705. The normalized spacial score (nSPS) is 30.1. The van der Waals surface area contributed by atoms with Crippen molar-refractivity contribution in [2.45, 2.75) is 31.3 Å². The Morgan fingerprint density at radius 2 is 2.11 bits per heavy atom. The summed E-state index contributed by atoms with van der Waals surface area (Å²) in [6.07, 6.45) is -4.56. The predicted molar refractivity (Wildman–Crippen MR) is 60.4 cm³/mol. The molecule has 4 unspecified atom stereocenters. The zero-order valence-electron chi connectivity index (χ0n) is 10.0. The summed E-state index contributed by atoms with van der Waals surface area (Å²) in [6, 6.07) is 0. The van der Waals surface area contributed by atoms with Gasteiger partial charge < -0.3 is 35.1 Å². The van der Waals surface area contributed by atoms with Crippen LogP contribution in [0.4, 0.5) is 0 Å². The maximum Gasteiger partial charge on any atom is 0.478 e. The number of amides is 1. The second kappa shape index (κ2) is 7.02. The summed E-state index contributed by atoms with van der Waals surface area (Å²) in [7, 11) is -0.902. The molecule has 0 spiro atoms. The number of aliphatic hydroxyl groups is 4. The van der Waals surface area contributed by atoms with E-state index < -0.39 is 44.7 Å². The topological polar surface area (TPSA) is 128 Å². The number of aliphatic hydroxyl groups excluding tert-OH is 4. The van der Waals surface area contributed by atoms with Gasteiger partial charge in [0.05, 0.1) is 31.9 Å². The average Bonchev–Trinajstić information content (AvgIpc) is 2.36. The van der Waals surface area contributed by atoms with Gasteiger partial charge in [0.15, 0.2) is 0 Å². The Bertz CT molecular complexity index is 280. The molecule has 1 rings (SSSR count). The smallest absolute Gasteiger partial charge is 0.402 e. The quantitative estimate of drug-likeness (QED) is 0.328. The first kappa shape index (κ1) is 15.4. The molecule has 4 atom stereocenters. The Labute approximate surface area is 105 Å². The van der Waals surface area contributed by atoms with Crippen LogP contribution in [0.2, 0.25) is 0 Å². The number of hydrogen-bond acceptors (Lipinski definition) is 7. The Balaban J connectivity index is 2.64. The maximum atomic E-state index is 10.8. The zero-order chi connectivity index (χ0) is 13.7. The number of carbonyl (C=O) groups excluding carboxylic acids is 1. The Morgan fingerprint density at radius 1 is 1.44 bits per heavy atom. The third-order valence-corrected chi connectivity index (χ3v) is 2.62. The highest BCUT2D eigenvalue weighted by molar-refractivity contribution is 6.45. The molecule has 9 heteroatoms. The van der Waals surface area contributed by atoms with Crippen LogP contribution in [0, 0.1) is 0 Å². The van der Waals surface area contributed by atoms with Crippen LogP contribution >= 0.6 is 0 Å². The SMILES string of the molecule is CC(=O)NCB1OC(CO)C(O)C(C(O)CO)O1. The highest BCUT2D eigenvalue weighted by atomic mass is 16.6. The van der Waals surface area contributed by atoms with Gasteiger partial charge in [-0.05, 0) is 0 Å². The van der Waals surface area contributed by atoms with Gasteiger partial charge in [0, 0.05) is 6.92 Å². The van der Waals surface area contributed by atoms with Crippen LogP contribution in [0.3, 0.4) is 0 Å². The lowest BCUT2D eigenvalue weighted by atomic mass is 9.84. The summed E-state index contributed by atoms with van der Waals surface area (Å²) in [6.45, 7) is 0.268. The molecule has 0 aromatic heterocycles. The highest BCUT2D eigenvalue weighted by Crippen LogP contribution is 2.19. The van der Waals surface area contributed by atoms with Crippen LogP contribution in [0.5, 0.6) is 0 Å². The molecule has 1 heterocycles. The molecule has 0 saturated carbocycles. The zero-order valence-corrected chi connectivity index (χ0v) is 10.0. The second-order valence-corrected chi connectivity index (χ2v) is 4.06. The minimum atomic E-state index is -1.29. The molecule has 1 saturated heterocycles. The summed E-state index contributed by atoms with van der Waals surface area (Å²) < 4.78 is 10.4. The van der Waals surface area contributed by atoms with Crippen molar-refractivity contribution in [2.24, 2.45) is 0 Å². The molecule has 0 aromatic carbocycles. The van der Waals surface area contributed by atoms with Crippen LogP contribution in [-0.2, 0) is 14.1 Å². The van der Waals surface area contributed by atoms with Gasteiger partial charge in [-0.1, -0.05) is 0 Å². The largest absolute Gasteiger partial charge is 0.478 e. The molecular weight excluding hydrogens is 245 g/mol. The molecule has 104 valence electrons. The fraction of sp³-hybridized carbons (Fsp3) is 0.889. The molecule has 5 N–H and O–H groups in total. The standard InChI is InChI=1S/C9H18BNO7/c1-5(14)11-4-10-17-7(3-13)8(16)9(18-10)6(15)2-12/h6-9,12-13,15-16H,2-4H2,1H3,(H,11,14). The van der Waals surface area contributed by atoms with Crippen molar-refractivity contribution in [3.8, 4) is 0 Å². The molecule has 0 aromatic rings. The van der Waals surface area contributed by atoms with Gasteiger partial charge >= 0.3 is 7.12 Å². The first-order chi connectivity index (χ1) is 8.49. The van der Waals surface area contributed by atoms with Crippen LogP contribution in [-0.4, -0.2) is 77.5 Å². The van der Waals surface area contributed by atoms with Gasteiger partial charge in [-0.3, -0.25) is 4.79 Å². The van der Waals surface area contributed by atoms with Crippen LogP contribution in [0.1, 0.15) is 6.92 Å². The van der Waals surface area contributed by atoms with Gasteiger partial charge in [-0.25, -0.2) is 0 Å². The third kappa shape index (κ3) is 3.90. The van der Waals surface area contributed by atoms with Gasteiger partial charge in [-0.2, -0.15) is 0 Å². The first-order valence-electron chi connectivity index (χ1n) is 5.62. The lowest BCUT2D eigenvalue weighted by Gasteiger charge is -2.39. The van der Waals surface area contributed by atoms with Crippen molar-refractivity contribution in [1.82, 2.24) is 5.32 Å². The molecule has 18 heavy (non-hydrogen) atoms. The van der Waals surface area contributed by atoms with E-state index in [2.05, 4.69) is 5.32 Å². The van der Waals surface area contributed by atoms with Crippen LogP contribution in [0.25, 0.3) is 0 Å². The highest BCUT2D eigenvalue weighted by Gasteiger charge is 2.43. The van der Waals surface area contributed by atoms with Crippen LogP contribution < -0.4 is 5.32 Å². The van der Waals surface area contributed by atoms with E-state index in [0.717, 1.165) is 0 Å². The molecule has 0 bridgehead atoms. The molecule has 1 aliphatic rings. The van der Waals surface area contributed by atoms with Gasteiger partial charge in [0.1, 0.15) is 12.2 Å². The van der Waals surface area contributed by atoms with Crippen molar-refractivity contribution >= 4 is 13.0 Å². The van der Waals surface area contributed by atoms with E-state index in [9.17, 15) is 15.0 Å². The van der Waals surface area contributed by atoms with Crippen molar-refractivity contribution < 1.29 is 34.5 Å². The van der Waals surface area contributed by atoms with Gasteiger partial charge in [0.25, 0.3) is 0 Å². The number of hydrogen-bond donors (Lipinski definition) is 5. The summed E-state index contributed by atoms with van der Waals surface area (Å²) in [5, 5.41) is 39.6. The average molecular weight is 263 g/mol. The lowest BCUT2D eigenvalue weighted by molar-refractivity contribution is -0.149. The third-order valence-electron chi connectivity index (χ3n) is 2.62. The summed E-state index contributed by atoms with van der Waals surface area (Å²) >= 11 is 0. The van der Waals surface area contributed by atoms with Gasteiger partial charge in [-0.15, -0.1) is 0 Å². The van der Waals surface area contributed by atoms with E-state index in [0.29, 0.717) is 0 Å². The van der Waals surface area contributed by atoms with Crippen molar-refractivity contribution in [3.05, 3.63) is 0 Å². The summed E-state index contributed by atoms with van der Waals surface area (Å²) in [4.78, 5) is 10.8. The van der Waals surface area contributed by atoms with Crippen molar-refractivity contribution in [3.63, 3.8) is 0 Å². The van der Waals surface area contributed by atoms with E-state index in [-0.39, 0.29) is 12.4 Å². The van der Waals surface area contributed by atoms with E-state index in [1.807, 2.05) is 0 Å². The molecule has 1 aliphatic heterocycles. The maximum absolute atomic E-state index is 10.8. The van der Waals surface area contributed by atoms with Gasteiger partial charge in [0.2, 0.25) is 5.91 Å². The number of nitrogens with one attached hydrogen (secondary N) is 1. The van der Waals surface area contributed by atoms with Crippen molar-refractivity contribution in [1.29, 1.82) is 0 Å². The Kier molecular flexibility index (Phi) is 5.99. The van der Waals surface area contributed by atoms with E-state index in [1.165, 1.54) is 6.92 Å². The number of rotatable bonds is 5. The molecule has 0 aliphatic carbocycles. The monoisotopic (exact) mass is 263 g/mol. The minimum Gasteiger partial charge on any atom is -0.402 e. The van der Waals surface area contributed by atoms with E-state index >= 15 is 0 Å². The predicted octanol–water partition coefficient (Wildman–Crippen LogP) is -3.36. The van der Waals surface area contributed by atoms with E-state index in [1.54, 1.807) is 0 Å². The van der Waals surface area contributed by atoms with Crippen LogP contribution in [0.15, 0.2) is 0 Å². The first-order valence-corrected chi connectivity index (χ1v) is 5.62. The van der Waals surface area contributed by atoms with E-state index in [4.69, 9.17) is 19.5 Å².